The number of carbonyl (C=O) groups excluding carboxylic acids is 2. The van der Waals surface area contributed by atoms with Crippen molar-refractivity contribution in [2.75, 3.05) is 39.0 Å². The molecule has 5 aromatic rings. The largest absolute Gasteiger partial charge is 0.492 e. The summed E-state index contributed by atoms with van der Waals surface area (Å²) in [5, 5.41) is 6.89. The van der Waals surface area contributed by atoms with Gasteiger partial charge in [-0.2, -0.15) is 4.39 Å². The van der Waals surface area contributed by atoms with Crippen LogP contribution in [0.5, 0.6) is 5.75 Å². The van der Waals surface area contributed by atoms with Gasteiger partial charge in [-0.25, -0.2) is 18.4 Å². The number of carbonyl (C=O) groups is 3. The number of amides is 2. The lowest BCUT2D eigenvalue weighted by molar-refractivity contribution is -0.122. The van der Waals surface area contributed by atoms with E-state index in [-0.39, 0.29) is 36.1 Å². The van der Waals surface area contributed by atoms with Gasteiger partial charge in [0.2, 0.25) is 5.95 Å². The highest BCUT2D eigenvalue weighted by molar-refractivity contribution is 7.90. The lowest BCUT2D eigenvalue weighted by Crippen LogP contribution is -2.37. The molecule has 4 heterocycles. The van der Waals surface area contributed by atoms with E-state index in [1.165, 1.54) is 28.7 Å². The molecule has 0 spiro atoms. The number of nitrogens with zero attached hydrogens (tertiary/aromatic N) is 6. The summed E-state index contributed by atoms with van der Waals surface area (Å²) in [6.45, 7) is 3.75. The minimum atomic E-state index is -3.41. The molecule has 0 saturated carbocycles. The van der Waals surface area contributed by atoms with Gasteiger partial charge in [-0.05, 0) is 74.2 Å². The molecule has 2 bridgehead atoms. The van der Waals surface area contributed by atoms with E-state index in [0.29, 0.717) is 62.4 Å². The summed E-state index contributed by atoms with van der Waals surface area (Å²) in [4.78, 5) is 48.1. The SMILES string of the molecule is Cc1ccc2nc(C(=O)N3CCCCN(C(=O)c4ccc(S(C)(=O)=O)cc4)CCOc4cccc(c4)-c4nccn4CCC3)c(F)n2c1.O=CO. The van der Waals surface area contributed by atoms with E-state index in [2.05, 4.69) is 9.97 Å². The maximum Gasteiger partial charge on any atom is 0.290 e. The van der Waals surface area contributed by atoms with Crippen LogP contribution in [0, 0.1) is 12.9 Å². The second kappa shape index (κ2) is 16.4. The molecule has 0 fully saturated rings. The molecule has 1 aliphatic rings. The molecule has 268 valence electrons. The highest BCUT2D eigenvalue weighted by atomic mass is 32.2. The predicted octanol–water partition coefficient (Wildman–Crippen LogP) is 4.60. The predicted molar refractivity (Wildman–Crippen MR) is 187 cm³/mol. The number of fused-ring (bicyclic) bond motifs is 5. The number of rotatable bonds is 3. The number of aryl methyl sites for hydroxylation is 2. The Morgan fingerprint density at radius 2 is 1.61 bits per heavy atom. The summed E-state index contributed by atoms with van der Waals surface area (Å²) in [6.07, 6.45) is 8.05. The number of hydrogen-bond acceptors (Lipinski definition) is 8. The van der Waals surface area contributed by atoms with Crippen molar-refractivity contribution in [3.05, 3.63) is 102 Å². The summed E-state index contributed by atoms with van der Waals surface area (Å²) in [5.41, 5.74) is 2.19. The number of carboxylic acid groups (broad SMARTS) is 1. The second-order valence-electron chi connectivity index (χ2n) is 12.1. The highest BCUT2D eigenvalue weighted by Crippen LogP contribution is 2.24. The van der Waals surface area contributed by atoms with Crippen LogP contribution in [0.4, 0.5) is 4.39 Å². The molecule has 15 heteroatoms. The first-order valence-corrected chi connectivity index (χ1v) is 18.2. The second-order valence-corrected chi connectivity index (χ2v) is 14.1. The molecular weight excluding hydrogens is 679 g/mol. The highest BCUT2D eigenvalue weighted by Gasteiger charge is 2.25. The van der Waals surface area contributed by atoms with E-state index in [4.69, 9.17) is 14.6 Å². The number of hydrogen-bond donors (Lipinski definition) is 1. The van der Waals surface area contributed by atoms with Crippen molar-refractivity contribution in [3.63, 3.8) is 0 Å². The molecule has 2 aromatic carbocycles. The van der Waals surface area contributed by atoms with Crippen molar-refractivity contribution in [1.29, 1.82) is 0 Å². The fourth-order valence-electron chi connectivity index (χ4n) is 5.85. The van der Waals surface area contributed by atoms with Gasteiger partial charge >= 0.3 is 0 Å². The number of imidazole rings is 2. The molecule has 6 rings (SSSR count). The van der Waals surface area contributed by atoms with Crippen LogP contribution in [-0.4, -0.2) is 99.6 Å². The zero-order valence-corrected chi connectivity index (χ0v) is 29.1. The molecule has 13 nitrogen and oxygen atoms in total. The van der Waals surface area contributed by atoms with E-state index in [9.17, 15) is 18.0 Å². The molecule has 0 radical (unpaired) electrons. The normalized spacial score (nSPS) is 14.4. The van der Waals surface area contributed by atoms with Crippen molar-refractivity contribution >= 4 is 33.8 Å². The maximum absolute atomic E-state index is 15.5. The molecule has 1 aliphatic heterocycles. The number of halogens is 1. The Hall–Kier alpha value is -5.57. The fraction of sp³-hybridized carbons (Fsp3) is 0.306. The average Bonchev–Trinajstić information content (AvgIpc) is 3.71. The first-order chi connectivity index (χ1) is 24.5. The molecule has 0 atom stereocenters. The number of benzene rings is 2. The molecule has 1 N–H and O–H groups in total. The van der Waals surface area contributed by atoms with Crippen LogP contribution in [0.3, 0.4) is 0 Å². The standard InChI is InChI=1S/C35H37FN6O5S.CH2O2/c1-25-9-14-30-38-31(32(36)42(30)24-25)35(44)40-16-3-4-17-41(34(43)26-10-12-29(13-11-26)48(2,45)46)21-22-47-28-8-5-7-27(23-28)33-37-15-20-39(33)18-6-19-40;2-1-3/h5,7-15,20,23-24H,3-4,6,16-19,21-22H2,1-2H3;1H,(H,2,3). The van der Waals surface area contributed by atoms with Gasteiger partial charge in [-0.15, -0.1) is 0 Å². The van der Waals surface area contributed by atoms with Gasteiger partial charge in [0.1, 0.15) is 23.8 Å². The molecule has 2 amide bonds. The van der Waals surface area contributed by atoms with E-state index < -0.39 is 21.7 Å². The summed E-state index contributed by atoms with van der Waals surface area (Å²) in [6, 6.07) is 17.0. The minimum absolute atomic E-state index is 0.133. The zero-order chi connectivity index (χ0) is 36.5. The first-order valence-electron chi connectivity index (χ1n) is 16.3. The Morgan fingerprint density at radius 3 is 2.31 bits per heavy atom. The van der Waals surface area contributed by atoms with Gasteiger partial charge in [0, 0.05) is 62.2 Å². The Balaban J connectivity index is 0.00000162. The lowest BCUT2D eigenvalue weighted by Gasteiger charge is -2.25. The zero-order valence-electron chi connectivity index (χ0n) is 28.3. The van der Waals surface area contributed by atoms with Crippen LogP contribution in [0.25, 0.3) is 17.0 Å². The Morgan fingerprint density at radius 1 is 0.922 bits per heavy atom. The summed E-state index contributed by atoms with van der Waals surface area (Å²) < 4.78 is 48.8. The molecule has 0 unspecified atom stereocenters. The van der Waals surface area contributed by atoms with Gasteiger partial charge in [0.15, 0.2) is 15.5 Å². The van der Waals surface area contributed by atoms with Crippen LogP contribution in [0.15, 0.2) is 84.1 Å². The van der Waals surface area contributed by atoms with E-state index >= 15 is 4.39 Å². The number of aromatic nitrogens is 4. The maximum atomic E-state index is 15.5. The van der Waals surface area contributed by atoms with Crippen LogP contribution in [0.1, 0.15) is 45.7 Å². The third kappa shape index (κ3) is 8.97. The summed E-state index contributed by atoms with van der Waals surface area (Å²) >= 11 is 0. The van der Waals surface area contributed by atoms with Crippen molar-refractivity contribution in [2.45, 2.75) is 37.6 Å². The van der Waals surface area contributed by atoms with Gasteiger partial charge in [0.25, 0.3) is 18.3 Å². The third-order valence-corrected chi connectivity index (χ3v) is 9.51. The summed E-state index contributed by atoms with van der Waals surface area (Å²) in [7, 11) is -3.41. The average molecular weight is 719 g/mol. The molecular formula is C36H39FN6O7S. The van der Waals surface area contributed by atoms with Gasteiger partial charge in [-0.3, -0.25) is 18.8 Å². The van der Waals surface area contributed by atoms with Crippen LogP contribution < -0.4 is 4.74 Å². The topological polar surface area (TPSA) is 156 Å². The quantitative estimate of drug-likeness (QED) is 0.264. The van der Waals surface area contributed by atoms with Gasteiger partial charge in [0.05, 0.1) is 11.4 Å². The Kier molecular flexibility index (Phi) is 11.8. The van der Waals surface area contributed by atoms with Gasteiger partial charge < -0.3 is 24.2 Å². The lowest BCUT2D eigenvalue weighted by atomic mass is 10.2. The molecule has 3 aromatic heterocycles. The van der Waals surface area contributed by atoms with Crippen LogP contribution >= 0.6 is 0 Å². The Labute approximate surface area is 294 Å². The number of sulfone groups is 1. The van der Waals surface area contributed by atoms with E-state index in [1.54, 1.807) is 28.3 Å². The summed E-state index contributed by atoms with van der Waals surface area (Å²) in [5.74, 6) is -0.0611. The Bertz CT molecular complexity index is 2110. The van der Waals surface area contributed by atoms with Crippen molar-refractivity contribution in [3.8, 4) is 17.1 Å². The molecule has 0 aliphatic carbocycles. The van der Waals surface area contributed by atoms with Crippen LogP contribution in [0.2, 0.25) is 0 Å². The van der Waals surface area contributed by atoms with Crippen molar-refractivity contribution < 1.29 is 37.0 Å². The molecule has 0 saturated heterocycles. The minimum Gasteiger partial charge on any atom is -0.492 e. The van der Waals surface area contributed by atoms with Gasteiger partial charge in [-0.1, -0.05) is 18.2 Å². The van der Waals surface area contributed by atoms with Crippen molar-refractivity contribution in [2.24, 2.45) is 0 Å². The fourth-order valence-corrected chi connectivity index (χ4v) is 6.48. The van der Waals surface area contributed by atoms with E-state index in [0.717, 1.165) is 23.2 Å². The number of ether oxygens (including phenoxy) is 1. The van der Waals surface area contributed by atoms with E-state index in [1.807, 2.05) is 48.0 Å². The van der Waals surface area contributed by atoms with Crippen molar-refractivity contribution in [1.82, 2.24) is 28.7 Å². The van der Waals surface area contributed by atoms with Crippen LogP contribution in [-0.2, 0) is 21.2 Å². The smallest absolute Gasteiger partial charge is 0.290 e. The first kappa shape index (κ1) is 36.7. The monoisotopic (exact) mass is 718 g/mol. The molecule has 51 heavy (non-hydrogen) atoms. The number of pyridine rings is 1. The third-order valence-electron chi connectivity index (χ3n) is 8.39.